The van der Waals surface area contributed by atoms with Crippen molar-refractivity contribution < 1.29 is 0 Å². The van der Waals surface area contributed by atoms with Gasteiger partial charge in [0.05, 0.1) is 0 Å². The van der Waals surface area contributed by atoms with Crippen molar-refractivity contribution in [2.24, 2.45) is 11.8 Å². The molecule has 0 heteroatoms. The highest BCUT2D eigenvalue weighted by Crippen LogP contribution is 2.28. The maximum atomic E-state index is 2.35. The minimum absolute atomic E-state index is 0.855. The summed E-state index contributed by atoms with van der Waals surface area (Å²) < 4.78 is 0. The van der Waals surface area contributed by atoms with Crippen LogP contribution in [0, 0.1) is 11.8 Å². The fourth-order valence-electron chi connectivity index (χ4n) is 2.39. The van der Waals surface area contributed by atoms with E-state index in [4.69, 9.17) is 0 Å². The summed E-state index contributed by atoms with van der Waals surface area (Å²) in [6, 6.07) is 0. The molecule has 0 N–H and O–H groups in total. The van der Waals surface area contributed by atoms with Crippen molar-refractivity contribution in [2.75, 3.05) is 0 Å². The lowest BCUT2D eigenvalue weighted by atomic mass is 9.85. The monoisotopic (exact) mass is 236 g/mol. The summed E-state index contributed by atoms with van der Waals surface area (Å²) in [5.74, 6) is 1.72. The molecule has 0 aromatic rings. The van der Waals surface area contributed by atoms with Crippen LogP contribution in [-0.4, -0.2) is 0 Å². The van der Waals surface area contributed by atoms with Gasteiger partial charge in [-0.15, -0.1) is 0 Å². The lowest BCUT2D eigenvalue weighted by Gasteiger charge is -2.20. The minimum Gasteiger partial charge on any atom is -0.0842 e. The number of rotatable bonds is 6. The predicted octanol–water partition coefficient (Wildman–Crippen LogP) is 6.14. The van der Waals surface area contributed by atoms with E-state index in [1.165, 1.54) is 38.5 Å². The van der Waals surface area contributed by atoms with Gasteiger partial charge in [0.15, 0.2) is 0 Å². The van der Waals surface area contributed by atoms with Gasteiger partial charge >= 0.3 is 0 Å². The van der Waals surface area contributed by atoms with E-state index in [1.807, 2.05) is 13.8 Å². The van der Waals surface area contributed by atoms with E-state index in [9.17, 15) is 0 Å². The van der Waals surface area contributed by atoms with Crippen LogP contribution in [0.25, 0.3) is 0 Å². The Bertz CT molecular complexity index is 220. The standard InChI is InChI=1S/C15H26.C2H6/c1-4-14(12-8-9-13(2)3)15-10-6-5-7-11-15;1-2/h5-6,10,13-14H,4,7-9,11-12H2,1-3H3;1-2H3. The molecule has 0 saturated heterocycles. The highest BCUT2D eigenvalue weighted by molar-refractivity contribution is 5.19. The van der Waals surface area contributed by atoms with Crippen molar-refractivity contribution in [1.29, 1.82) is 0 Å². The normalized spacial score (nSPS) is 16.2. The Kier molecular flexibility index (Phi) is 10.3. The topological polar surface area (TPSA) is 0 Å². The zero-order valence-corrected chi connectivity index (χ0v) is 12.6. The van der Waals surface area contributed by atoms with Crippen LogP contribution in [0.15, 0.2) is 23.8 Å². The number of allylic oxidation sites excluding steroid dienone is 4. The summed E-state index contributed by atoms with van der Waals surface area (Å²) in [5, 5.41) is 0. The van der Waals surface area contributed by atoms with Gasteiger partial charge in [0.1, 0.15) is 0 Å². The molecule has 1 rings (SSSR count). The van der Waals surface area contributed by atoms with Crippen LogP contribution in [-0.2, 0) is 0 Å². The molecular formula is C17H32. The smallest absolute Gasteiger partial charge is 0.0203 e. The summed E-state index contributed by atoms with van der Waals surface area (Å²) in [5.41, 5.74) is 1.70. The number of hydrogen-bond acceptors (Lipinski definition) is 0. The van der Waals surface area contributed by atoms with Crippen LogP contribution in [0.4, 0.5) is 0 Å². The Hall–Kier alpha value is -0.520. The molecule has 1 atom stereocenters. The lowest BCUT2D eigenvalue weighted by molar-refractivity contribution is 0.455. The molecular weight excluding hydrogens is 204 g/mol. The first-order chi connectivity index (χ1) is 8.24. The van der Waals surface area contributed by atoms with E-state index in [0.29, 0.717) is 0 Å². The van der Waals surface area contributed by atoms with Gasteiger partial charge in [0.2, 0.25) is 0 Å². The average molecular weight is 236 g/mol. The third-order valence-corrected chi connectivity index (χ3v) is 3.40. The second-order valence-corrected chi connectivity index (χ2v) is 5.14. The Balaban J connectivity index is 0.00000121. The lowest BCUT2D eigenvalue weighted by Crippen LogP contribution is -2.05. The van der Waals surface area contributed by atoms with Crippen LogP contribution in [0.2, 0.25) is 0 Å². The number of hydrogen-bond donors (Lipinski definition) is 0. The Labute approximate surface area is 109 Å². The minimum atomic E-state index is 0.855. The SMILES string of the molecule is CC.CCC(CCCC(C)C)C1=CC=CCC1. The van der Waals surface area contributed by atoms with Crippen LogP contribution in [0.1, 0.15) is 73.1 Å². The van der Waals surface area contributed by atoms with Crippen LogP contribution < -0.4 is 0 Å². The maximum Gasteiger partial charge on any atom is -0.0203 e. The van der Waals surface area contributed by atoms with Gasteiger partial charge < -0.3 is 0 Å². The molecule has 0 fully saturated rings. The molecule has 1 unspecified atom stereocenters. The van der Waals surface area contributed by atoms with E-state index in [-0.39, 0.29) is 0 Å². The first-order valence-electron chi connectivity index (χ1n) is 7.59. The fraction of sp³-hybridized carbons (Fsp3) is 0.765. The molecule has 0 aromatic heterocycles. The first kappa shape index (κ1) is 16.5. The molecule has 0 amide bonds. The molecule has 0 heterocycles. The summed E-state index contributed by atoms with van der Waals surface area (Å²) in [7, 11) is 0. The molecule has 1 aliphatic carbocycles. The molecule has 0 radical (unpaired) electrons. The van der Waals surface area contributed by atoms with Crippen LogP contribution >= 0.6 is 0 Å². The Morgan fingerprint density at radius 1 is 1.18 bits per heavy atom. The van der Waals surface area contributed by atoms with Crippen molar-refractivity contribution in [1.82, 2.24) is 0 Å². The van der Waals surface area contributed by atoms with Gasteiger partial charge in [-0.05, 0) is 37.5 Å². The van der Waals surface area contributed by atoms with E-state index >= 15 is 0 Å². The van der Waals surface area contributed by atoms with Gasteiger partial charge in [-0.2, -0.15) is 0 Å². The molecule has 0 spiro atoms. The van der Waals surface area contributed by atoms with E-state index in [2.05, 4.69) is 39.0 Å². The van der Waals surface area contributed by atoms with Gasteiger partial charge in [0.25, 0.3) is 0 Å². The fourth-order valence-corrected chi connectivity index (χ4v) is 2.39. The van der Waals surface area contributed by atoms with E-state index < -0.39 is 0 Å². The zero-order valence-electron chi connectivity index (χ0n) is 12.6. The van der Waals surface area contributed by atoms with Gasteiger partial charge in [-0.25, -0.2) is 0 Å². The summed E-state index contributed by atoms with van der Waals surface area (Å²) >= 11 is 0. The van der Waals surface area contributed by atoms with Crippen LogP contribution in [0.5, 0.6) is 0 Å². The predicted molar refractivity (Wildman–Crippen MR) is 80.3 cm³/mol. The third-order valence-electron chi connectivity index (χ3n) is 3.40. The zero-order chi connectivity index (χ0) is 13.1. The molecule has 17 heavy (non-hydrogen) atoms. The Morgan fingerprint density at radius 3 is 2.35 bits per heavy atom. The van der Waals surface area contributed by atoms with Crippen molar-refractivity contribution in [3.63, 3.8) is 0 Å². The molecule has 100 valence electrons. The maximum absolute atomic E-state index is 2.35. The molecule has 0 aliphatic heterocycles. The average Bonchev–Trinajstić information content (AvgIpc) is 2.38. The second-order valence-electron chi connectivity index (χ2n) is 5.14. The molecule has 0 bridgehead atoms. The summed E-state index contributed by atoms with van der Waals surface area (Å²) in [4.78, 5) is 0. The van der Waals surface area contributed by atoms with Gasteiger partial charge in [0, 0.05) is 0 Å². The molecule has 0 nitrogen and oxygen atoms in total. The van der Waals surface area contributed by atoms with Crippen molar-refractivity contribution in [3.8, 4) is 0 Å². The van der Waals surface area contributed by atoms with Gasteiger partial charge in [-0.3, -0.25) is 0 Å². The van der Waals surface area contributed by atoms with E-state index in [1.54, 1.807) is 5.57 Å². The van der Waals surface area contributed by atoms with Crippen LogP contribution in [0.3, 0.4) is 0 Å². The quantitative estimate of drug-likeness (QED) is 0.519. The van der Waals surface area contributed by atoms with Gasteiger partial charge in [-0.1, -0.05) is 71.3 Å². The summed E-state index contributed by atoms with van der Waals surface area (Å²) in [6.45, 7) is 11.0. The third kappa shape index (κ3) is 7.41. The van der Waals surface area contributed by atoms with Crippen molar-refractivity contribution >= 4 is 0 Å². The first-order valence-corrected chi connectivity index (χ1v) is 7.59. The molecule has 0 aromatic carbocycles. The molecule has 1 aliphatic rings. The second kappa shape index (κ2) is 10.6. The molecule has 0 saturated carbocycles. The largest absolute Gasteiger partial charge is 0.0842 e. The van der Waals surface area contributed by atoms with E-state index in [0.717, 1.165) is 11.8 Å². The van der Waals surface area contributed by atoms with Crippen molar-refractivity contribution in [3.05, 3.63) is 23.8 Å². The summed E-state index contributed by atoms with van der Waals surface area (Å²) in [6.07, 6.45) is 14.9. The highest BCUT2D eigenvalue weighted by Gasteiger charge is 2.12. The highest BCUT2D eigenvalue weighted by atomic mass is 14.2. The Morgan fingerprint density at radius 2 is 1.88 bits per heavy atom. The van der Waals surface area contributed by atoms with Crippen molar-refractivity contribution in [2.45, 2.75) is 73.1 Å².